The molecule has 1 aromatic rings. The Hall–Kier alpha value is -1.22. The third kappa shape index (κ3) is 2.72. The van der Waals surface area contributed by atoms with Crippen molar-refractivity contribution in [3.63, 3.8) is 0 Å². The lowest BCUT2D eigenvalue weighted by atomic mass is 10.1. The maximum Gasteiger partial charge on any atom is 0.0387 e. The Kier molecular flexibility index (Phi) is 3.57. The van der Waals surface area contributed by atoms with Crippen LogP contribution in [0.5, 0.6) is 0 Å². The van der Waals surface area contributed by atoms with Gasteiger partial charge in [-0.2, -0.15) is 0 Å². The molecule has 1 aromatic carbocycles. The van der Waals surface area contributed by atoms with Crippen molar-refractivity contribution in [2.45, 2.75) is 26.8 Å². The average molecular weight is 233 g/mol. The molecule has 1 aliphatic rings. The van der Waals surface area contributed by atoms with Gasteiger partial charge in [0.05, 0.1) is 0 Å². The van der Waals surface area contributed by atoms with Gasteiger partial charge in [0.1, 0.15) is 0 Å². The molecule has 2 N–H and O–H groups in total. The number of rotatable bonds is 2. The quantitative estimate of drug-likeness (QED) is 0.794. The van der Waals surface area contributed by atoms with Crippen molar-refractivity contribution >= 4 is 11.4 Å². The van der Waals surface area contributed by atoms with Crippen molar-refractivity contribution in [3.8, 4) is 0 Å². The fraction of sp³-hybridized carbons (Fsp3) is 0.571. The van der Waals surface area contributed by atoms with Gasteiger partial charge in [-0.1, -0.05) is 6.07 Å². The molecule has 0 aromatic heterocycles. The van der Waals surface area contributed by atoms with E-state index in [1.807, 2.05) is 0 Å². The molecule has 1 fully saturated rings. The van der Waals surface area contributed by atoms with Crippen molar-refractivity contribution < 1.29 is 0 Å². The minimum Gasteiger partial charge on any atom is -0.398 e. The number of nitrogens with zero attached hydrogens (tertiary/aromatic N) is 2. The number of hydrogen-bond acceptors (Lipinski definition) is 3. The summed E-state index contributed by atoms with van der Waals surface area (Å²) in [5, 5.41) is 0. The molecule has 0 aliphatic carbocycles. The van der Waals surface area contributed by atoms with E-state index >= 15 is 0 Å². The Morgan fingerprint density at radius 2 is 1.76 bits per heavy atom. The third-order valence-corrected chi connectivity index (χ3v) is 3.67. The molecule has 3 nitrogen and oxygen atoms in total. The van der Waals surface area contributed by atoms with Gasteiger partial charge in [-0.3, -0.25) is 4.90 Å². The summed E-state index contributed by atoms with van der Waals surface area (Å²) < 4.78 is 0. The van der Waals surface area contributed by atoms with Crippen molar-refractivity contribution in [2.24, 2.45) is 0 Å². The fourth-order valence-electron chi connectivity index (χ4n) is 2.32. The molecule has 1 saturated heterocycles. The van der Waals surface area contributed by atoms with Gasteiger partial charge < -0.3 is 10.6 Å². The lowest BCUT2D eigenvalue weighted by Gasteiger charge is -2.38. The highest BCUT2D eigenvalue weighted by Gasteiger charge is 2.18. The van der Waals surface area contributed by atoms with Gasteiger partial charge in [0.15, 0.2) is 0 Å². The van der Waals surface area contributed by atoms with Crippen LogP contribution in [0, 0.1) is 6.92 Å². The third-order valence-electron chi connectivity index (χ3n) is 3.67. The minimum absolute atomic E-state index is 0.653. The van der Waals surface area contributed by atoms with E-state index < -0.39 is 0 Å². The van der Waals surface area contributed by atoms with E-state index in [1.165, 1.54) is 5.69 Å². The normalized spacial score (nSPS) is 17.8. The Morgan fingerprint density at radius 3 is 2.29 bits per heavy atom. The maximum atomic E-state index is 5.97. The molecular weight excluding hydrogens is 210 g/mol. The number of nitrogens with two attached hydrogens (primary N) is 1. The van der Waals surface area contributed by atoms with Crippen LogP contribution >= 0.6 is 0 Å². The number of anilines is 2. The van der Waals surface area contributed by atoms with Crippen LogP contribution in [-0.4, -0.2) is 37.1 Å². The minimum atomic E-state index is 0.653. The summed E-state index contributed by atoms with van der Waals surface area (Å²) >= 11 is 0. The number of aryl methyl sites for hydroxylation is 1. The van der Waals surface area contributed by atoms with Gasteiger partial charge in [-0.05, 0) is 38.5 Å². The van der Waals surface area contributed by atoms with Crippen molar-refractivity contribution in [1.82, 2.24) is 4.90 Å². The van der Waals surface area contributed by atoms with Gasteiger partial charge in [-0.25, -0.2) is 0 Å². The summed E-state index contributed by atoms with van der Waals surface area (Å²) in [6, 6.07) is 7.04. The molecule has 0 amide bonds. The molecule has 17 heavy (non-hydrogen) atoms. The van der Waals surface area contributed by atoms with Crippen LogP contribution < -0.4 is 10.6 Å². The summed E-state index contributed by atoms with van der Waals surface area (Å²) in [7, 11) is 0. The first-order chi connectivity index (χ1) is 8.08. The number of nitrogen functional groups attached to an aromatic ring is 1. The van der Waals surface area contributed by atoms with Crippen LogP contribution in [0.15, 0.2) is 18.2 Å². The molecule has 0 radical (unpaired) electrons. The van der Waals surface area contributed by atoms with Crippen LogP contribution in [0.2, 0.25) is 0 Å². The SMILES string of the molecule is Cc1ccc(N2CCN(C(C)C)CC2)cc1N. The zero-order chi connectivity index (χ0) is 12.4. The Morgan fingerprint density at radius 1 is 1.12 bits per heavy atom. The summed E-state index contributed by atoms with van der Waals surface area (Å²) in [5.41, 5.74) is 9.29. The average Bonchev–Trinajstić information content (AvgIpc) is 2.33. The number of benzene rings is 1. The molecular formula is C14H23N3. The predicted molar refractivity (Wildman–Crippen MR) is 74.5 cm³/mol. The lowest BCUT2D eigenvalue weighted by Crippen LogP contribution is -2.48. The molecule has 1 aliphatic heterocycles. The summed E-state index contributed by atoms with van der Waals surface area (Å²) in [5.74, 6) is 0. The second-order valence-corrected chi connectivity index (χ2v) is 5.16. The van der Waals surface area contributed by atoms with Crippen LogP contribution in [-0.2, 0) is 0 Å². The molecule has 0 spiro atoms. The first-order valence-corrected chi connectivity index (χ1v) is 6.43. The van der Waals surface area contributed by atoms with E-state index in [4.69, 9.17) is 5.73 Å². The van der Waals surface area contributed by atoms with Crippen LogP contribution in [0.25, 0.3) is 0 Å². The topological polar surface area (TPSA) is 32.5 Å². The van der Waals surface area contributed by atoms with Crippen LogP contribution in [0.3, 0.4) is 0 Å². The Labute approximate surface area is 104 Å². The highest BCUT2D eigenvalue weighted by atomic mass is 15.3. The highest BCUT2D eigenvalue weighted by Crippen LogP contribution is 2.22. The predicted octanol–water partition coefficient (Wildman–Crippen LogP) is 2.11. The standard InChI is InChI=1S/C14H23N3/c1-11(2)16-6-8-17(9-7-16)13-5-4-12(3)14(15)10-13/h4-5,10-11H,6-9,15H2,1-3H3. The molecule has 0 unspecified atom stereocenters. The van der Waals surface area contributed by atoms with E-state index in [0.717, 1.165) is 37.4 Å². The zero-order valence-electron chi connectivity index (χ0n) is 11.1. The second kappa shape index (κ2) is 4.96. The van der Waals surface area contributed by atoms with Crippen LogP contribution in [0.1, 0.15) is 19.4 Å². The first-order valence-electron chi connectivity index (χ1n) is 6.43. The van der Waals surface area contributed by atoms with Gasteiger partial charge in [0, 0.05) is 43.6 Å². The summed E-state index contributed by atoms with van der Waals surface area (Å²) in [4.78, 5) is 4.95. The van der Waals surface area contributed by atoms with Gasteiger partial charge >= 0.3 is 0 Å². The number of hydrogen-bond donors (Lipinski definition) is 1. The van der Waals surface area contributed by atoms with E-state index in [2.05, 4.69) is 48.8 Å². The van der Waals surface area contributed by atoms with Gasteiger partial charge in [0.2, 0.25) is 0 Å². The Bertz CT molecular complexity index is 379. The van der Waals surface area contributed by atoms with Gasteiger partial charge in [-0.15, -0.1) is 0 Å². The van der Waals surface area contributed by atoms with Crippen molar-refractivity contribution in [2.75, 3.05) is 36.8 Å². The molecule has 3 heteroatoms. The lowest BCUT2D eigenvalue weighted by molar-refractivity contribution is 0.209. The smallest absolute Gasteiger partial charge is 0.0387 e. The monoisotopic (exact) mass is 233 g/mol. The van der Waals surface area contributed by atoms with Crippen molar-refractivity contribution in [3.05, 3.63) is 23.8 Å². The summed E-state index contributed by atoms with van der Waals surface area (Å²) in [6.45, 7) is 11.1. The molecule has 0 atom stereocenters. The second-order valence-electron chi connectivity index (χ2n) is 5.16. The largest absolute Gasteiger partial charge is 0.398 e. The maximum absolute atomic E-state index is 5.97. The molecule has 94 valence electrons. The van der Waals surface area contributed by atoms with E-state index in [1.54, 1.807) is 0 Å². The highest BCUT2D eigenvalue weighted by molar-refractivity contribution is 5.59. The molecule has 1 heterocycles. The van der Waals surface area contributed by atoms with E-state index in [-0.39, 0.29) is 0 Å². The molecule has 0 saturated carbocycles. The molecule has 2 rings (SSSR count). The van der Waals surface area contributed by atoms with Crippen molar-refractivity contribution in [1.29, 1.82) is 0 Å². The van der Waals surface area contributed by atoms with E-state index in [9.17, 15) is 0 Å². The Balaban J connectivity index is 2.03. The zero-order valence-corrected chi connectivity index (χ0v) is 11.1. The molecule has 0 bridgehead atoms. The number of piperazine rings is 1. The fourth-order valence-corrected chi connectivity index (χ4v) is 2.32. The van der Waals surface area contributed by atoms with Gasteiger partial charge in [0.25, 0.3) is 0 Å². The van der Waals surface area contributed by atoms with E-state index in [0.29, 0.717) is 6.04 Å². The summed E-state index contributed by atoms with van der Waals surface area (Å²) in [6.07, 6.45) is 0. The van der Waals surface area contributed by atoms with Crippen LogP contribution in [0.4, 0.5) is 11.4 Å². The first kappa shape index (κ1) is 12.2.